The van der Waals surface area contributed by atoms with Crippen LogP contribution in [0.1, 0.15) is 38.5 Å². The molecule has 18 heavy (non-hydrogen) atoms. The van der Waals surface area contributed by atoms with Crippen LogP contribution in [0.5, 0.6) is 0 Å². The van der Waals surface area contributed by atoms with E-state index in [9.17, 15) is 0 Å². The first kappa shape index (κ1) is 11.3. The van der Waals surface area contributed by atoms with Gasteiger partial charge in [0.2, 0.25) is 0 Å². The van der Waals surface area contributed by atoms with Crippen LogP contribution >= 0.6 is 11.8 Å². The van der Waals surface area contributed by atoms with Gasteiger partial charge in [0.15, 0.2) is 5.16 Å². The summed E-state index contributed by atoms with van der Waals surface area (Å²) in [5.41, 5.74) is 0.638. The Hall–Kier alpha value is -0.570. The fourth-order valence-electron chi connectivity index (χ4n) is 5.04. The highest BCUT2D eigenvalue weighted by Crippen LogP contribution is 2.61. The van der Waals surface area contributed by atoms with Crippen molar-refractivity contribution in [3.8, 4) is 0 Å². The molecule has 4 aliphatic rings. The topological polar surface area (TPSA) is 25.8 Å². The van der Waals surface area contributed by atoms with Gasteiger partial charge < -0.3 is 0 Å². The maximum Gasteiger partial charge on any atom is 0.187 e. The van der Waals surface area contributed by atoms with Gasteiger partial charge in [0.1, 0.15) is 0 Å². The lowest BCUT2D eigenvalue weighted by molar-refractivity contribution is -0.0381. The molecule has 1 aromatic rings. The molecule has 1 aromatic heterocycles. The molecule has 4 bridgehead atoms. The summed E-state index contributed by atoms with van der Waals surface area (Å²) in [7, 11) is 0. The van der Waals surface area contributed by atoms with E-state index in [0.29, 0.717) is 5.41 Å². The van der Waals surface area contributed by atoms with Crippen molar-refractivity contribution in [2.75, 3.05) is 5.75 Å². The van der Waals surface area contributed by atoms with Gasteiger partial charge in [-0.1, -0.05) is 11.8 Å². The Morgan fingerprint density at radius 2 is 1.56 bits per heavy atom. The summed E-state index contributed by atoms with van der Waals surface area (Å²) < 4.78 is 0. The van der Waals surface area contributed by atoms with Crippen LogP contribution in [-0.4, -0.2) is 15.7 Å². The molecule has 0 radical (unpaired) electrons. The van der Waals surface area contributed by atoms with Crippen LogP contribution in [0.15, 0.2) is 23.6 Å². The molecular formula is C15H20N2S. The first-order chi connectivity index (χ1) is 8.81. The molecule has 0 aromatic carbocycles. The molecule has 1 heterocycles. The number of aromatic nitrogens is 2. The number of thioether (sulfide) groups is 1. The van der Waals surface area contributed by atoms with Gasteiger partial charge in [0.25, 0.3) is 0 Å². The van der Waals surface area contributed by atoms with E-state index >= 15 is 0 Å². The Kier molecular flexibility index (Phi) is 2.65. The number of hydrogen-bond acceptors (Lipinski definition) is 3. The Balaban J connectivity index is 1.48. The molecule has 0 aliphatic heterocycles. The van der Waals surface area contributed by atoms with Crippen LogP contribution in [-0.2, 0) is 0 Å². The first-order valence-corrected chi connectivity index (χ1v) is 8.20. The maximum absolute atomic E-state index is 4.35. The van der Waals surface area contributed by atoms with Gasteiger partial charge in [-0.25, -0.2) is 9.97 Å². The molecule has 4 aliphatic carbocycles. The monoisotopic (exact) mass is 260 g/mol. The highest BCUT2D eigenvalue weighted by atomic mass is 32.2. The summed E-state index contributed by atoms with van der Waals surface area (Å²) in [5.74, 6) is 4.40. The second kappa shape index (κ2) is 4.22. The second-order valence-corrected chi connectivity index (χ2v) is 7.68. The lowest BCUT2D eigenvalue weighted by atomic mass is 9.50. The molecule has 4 saturated carbocycles. The molecule has 2 nitrogen and oxygen atoms in total. The molecule has 0 atom stereocenters. The molecule has 3 heteroatoms. The molecule has 0 saturated heterocycles. The van der Waals surface area contributed by atoms with Crippen LogP contribution in [0.2, 0.25) is 0 Å². The van der Waals surface area contributed by atoms with Gasteiger partial charge in [0.05, 0.1) is 0 Å². The van der Waals surface area contributed by atoms with Crippen molar-refractivity contribution in [1.82, 2.24) is 9.97 Å². The highest BCUT2D eigenvalue weighted by Gasteiger charge is 2.50. The number of nitrogens with zero attached hydrogens (tertiary/aromatic N) is 2. The summed E-state index contributed by atoms with van der Waals surface area (Å²) in [6.07, 6.45) is 12.8. The van der Waals surface area contributed by atoms with E-state index in [0.717, 1.165) is 22.9 Å². The van der Waals surface area contributed by atoms with Crippen molar-refractivity contribution < 1.29 is 0 Å². The fourth-order valence-corrected chi connectivity index (χ4v) is 6.10. The largest absolute Gasteiger partial charge is 0.231 e. The van der Waals surface area contributed by atoms with E-state index in [4.69, 9.17) is 0 Å². The smallest absolute Gasteiger partial charge is 0.187 e. The normalized spacial score (nSPS) is 41.2. The molecule has 4 fully saturated rings. The Morgan fingerprint density at radius 3 is 2.11 bits per heavy atom. The molecule has 0 amide bonds. The van der Waals surface area contributed by atoms with Crippen LogP contribution in [0.3, 0.4) is 0 Å². The second-order valence-electron chi connectivity index (χ2n) is 6.74. The molecule has 96 valence electrons. The Bertz CT molecular complexity index is 396. The minimum absolute atomic E-state index is 0.638. The van der Waals surface area contributed by atoms with Gasteiger partial charge in [-0.3, -0.25) is 0 Å². The lowest BCUT2D eigenvalue weighted by Crippen LogP contribution is -2.47. The summed E-state index contributed by atoms with van der Waals surface area (Å²) in [5, 5.41) is 0.966. The van der Waals surface area contributed by atoms with Crippen LogP contribution in [0.4, 0.5) is 0 Å². The summed E-state index contributed by atoms with van der Waals surface area (Å²) in [6.45, 7) is 0. The van der Waals surface area contributed by atoms with E-state index in [2.05, 4.69) is 9.97 Å². The lowest BCUT2D eigenvalue weighted by Gasteiger charge is -2.56. The third-order valence-corrected chi connectivity index (χ3v) is 6.44. The van der Waals surface area contributed by atoms with Crippen molar-refractivity contribution in [2.45, 2.75) is 43.7 Å². The quantitative estimate of drug-likeness (QED) is 0.611. The van der Waals surface area contributed by atoms with E-state index in [1.807, 2.05) is 30.2 Å². The summed E-state index contributed by atoms with van der Waals surface area (Å²) in [4.78, 5) is 8.70. The van der Waals surface area contributed by atoms with E-state index < -0.39 is 0 Å². The first-order valence-electron chi connectivity index (χ1n) is 7.21. The van der Waals surface area contributed by atoms with Crippen molar-refractivity contribution in [1.29, 1.82) is 0 Å². The molecule has 5 rings (SSSR count). The predicted molar refractivity (Wildman–Crippen MR) is 73.4 cm³/mol. The van der Waals surface area contributed by atoms with Crippen LogP contribution in [0.25, 0.3) is 0 Å². The van der Waals surface area contributed by atoms with E-state index in [1.54, 1.807) is 0 Å². The third-order valence-electron chi connectivity index (χ3n) is 5.21. The van der Waals surface area contributed by atoms with Gasteiger partial charge in [-0.05, 0) is 67.8 Å². The molecular weight excluding hydrogens is 240 g/mol. The Labute approximate surface area is 113 Å². The minimum Gasteiger partial charge on any atom is -0.231 e. The Morgan fingerprint density at radius 1 is 1.00 bits per heavy atom. The van der Waals surface area contributed by atoms with Crippen molar-refractivity contribution in [3.05, 3.63) is 18.5 Å². The van der Waals surface area contributed by atoms with Crippen LogP contribution < -0.4 is 0 Å². The minimum atomic E-state index is 0.638. The molecule has 0 spiro atoms. The van der Waals surface area contributed by atoms with Crippen molar-refractivity contribution in [3.63, 3.8) is 0 Å². The zero-order chi connectivity index (χ0) is 12.0. The maximum atomic E-state index is 4.35. The SMILES string of the molecule is c1cnc(SCC23CC4CC(CC(C4)C2)C3)nc1. The van der Waals surface area contributed by atoms with Gasteiger partial charge in [-0.2, -0.15) is 0 Å². The van der Waals surface area contributed by atoms with Crippen LogP contribution in [0, 0.1) is 23.2 Å². The zero-order valence-electron chi connectivity index (χ0n) is 10.7. The summed E-state index contributed by atoms with van der Waals surface area (Å²) in [6, 6.07) is 1.90. The van der Waals surface area contributed by atoms with Gasteiger partial charge >= 0.3 is 0 Å². The number of rotatable bonds is 3. The average molecular weight is 260 g/mol. The third kappa shape index (κ3) is 1.97. The fraction of sp³-hybridized carbons (Fsp3) is 0.733. The molecule has 0 unspecified atom stereocenters. The average Bonchev–Trinajstić information content (AvgIpc) is 2.36. The van der Waals surface area contributed by atoms with Crippen molar-refractivity contribution >= 4 is 11.8 Å². The van der Waals surface area contributed by atoms with Gasteiger partial charge in [-0.15, -0.1) is 0 Å². The van der Waals surface area contributed by atoms with E-state index in [1.165, 1.54) is 44.3 Å². The highest BCUT2D eigenvalue weighted by molar-refractivity contribution is 7.99. The van der Waals surface area contributed by atoms with E-state index in [-0.39, 0.29) is 0 Å². The standard InChI is InChI=1S/C15H20N2S/c1-2-16-14(17-3-1)18-10-15-7-11-4-12(8-15)6-13(5-11)9-15/h1-3,11-13H,4-10H2. The predicted octanol–water partition coefficient (Wildman–Crippen LogP) is 3.79. The zero-order valence-corrected chi connectivity index (χ0v) is 11.5. The van der Waals surface area contributed by atoms with Crippen molar-refractivity contribution in [2.24, 2.45) is 23.2 Å². The summed E-state index contributed by atoms with van der Waals surface area (Å²) >= 11 is 1.89. The van der Waals surface area contributed by atoms with Gasteiger partial charge in [0, 0.05) is 18.1 Å². The number of hydrogen-bond donors (Lipinski definition) is 0. The molecule has 0 N–H and O–H groups in total.